The molecule has 0 spiro atoms. The van der Waals surface area contributed by atoms with Crippen LogP contribution in [0.15, 0.2) is 0 Å². The summed E-state index contributed by atoms with van der Waals surface area (Å²) in [7, 11) is 0. The molecule has 0 aliphatic carbocycles. The van der Waals surface area contributed by atoms with Gasteiger partial charge >= 0.3 is 0 Å². The summed E-state index contributed by atoms with van der Waals surface area (Å²) in [5, 5.41) is 0. The Kier molecular flexibility index (Phi) is 42.7. The SMILES string of the molecule is [CH2-]CCC.[Li].[Zn]. The molecule has 0 saturated heterocycles. The fourth-order valence-electron chi connectivity index (χ4n) is 0. The van der Waals surface area contributed by atoms with Crippen molar-refractivity contribution in [3.05, 3.63) is 6.92 Å². The molecule has 0 amide bonds. The summed E-state index contributed by atoms with van der Waals surface area (Å²) in [6, 6.07) is 0. The fourth-order valence-corrected chi connectivity index (χ4v) is 0. The van der Waals surface area contributed by atoms with Crippen LogP contribution >= 0.6 is 0 Å². The monoisotopic (exact) mass is 128 g/mol. The summed E-state index contributed by atoms with van der Waals surface area (Å²) >= 11 is 0. The van der Waals surface area contributed by atoms with E-state index in [1.54, 1.807) is 0 Å². The fraction of sp³-hybridized carbons (Fsp3) is 0.750. The van der Waals surface area contributed by atoms with E-state index in [2.05, 4.69) is 13.8 Å². The minimum absolute atomic E-state index is 0. The molecule has 0 aliphatic rings. The van der Waals surface area contributed by atoms with E-state index >= 15 is 0 Å². The summed E-state index contributed by atoms with van der Waals surface area (Å²) in [5.74, 6) is 0. The first-order valence-electron chi connectivity index (χ1n) is 1.71. The molecule has 0 N–H and O–H groups in total. The smallest absolute Gasteiger partial charge is 0 e. The number of rotatable bonds is 1. The van der Waals surface area contributed by atoms with Crippen molar-refractivity contribution in [2.45, 2.75) is 19.8 Å². The van der Waals surface area contributed by atoms with Gasteiger partial charge in [-0.15, -0.1) is 0 Å². The zero-order valence-corrected chi connectivity index (χ0v) is 7.80. The first-order valence-corrected chi connectivity index (χ1v) is 1.71. The quantitative estimate of drug-likeness (QED) is 0.369. The molecular formula is C4H9LiZn-. The molecule has 29 valence electrons. The summed E-state index contributed by atoms with van der Waals surface area (Å²) < 4.78 is 0. The van der Waals surface area contributed by atoms with Crippen LogP contribution in [0.1, 0.15) is 19.8 Å². The van der Waals surface area contributed by atoms with Crippen LogP contribution in [-0.2, 0) is 19.5 Å². The van der Waals surface area contributed by atoms with Gasteiger partial charge in [0.15, 0.2) is 0 Å². The molecule has 0 aromatic rings. The van der Waals surface area contributed by atoms with Crippen LogP contribution in [0.4, 0.5) is 0 Å². The van der Waals surface area contributed by atoms with Crippen LogP contribution in [0.3, 0.4) is 0 Å². The van der Waals surface area contributed by atoms with Gasteiger partial charge in [-0.05, 0) is 0 Å². The number of hydrogen-bond acceptors (Lipinski definition) is 0. The zero-order chi connectivity index (χ0) is 3.41. The minimum atomic E-state index is 0. The molecule has 0 bridgehead atoms. The summed E-state index contributed by atoms with van der Waals surface area (Å²) in [6.07, 6.45) is 2.28. The van der Waals surface area contributed by atoms with Gasteiger partial charge in [-0.3, -0.25) is 0 Å². The van der Waals surface area contributed by atoms with Crippen LogP contribution in [0.25, 0.3) is 0 Å². The van der Waals surface area contributed by atoms with Crippen LogP contribution in [0, 0.1) is 6.92 Å². The van der Waals surface area contributed by atoms with Gasteiger partial charge in [0.2, 0.25) is 0 Å². The molecular weight excluding hydrogens is 120 g/mol. The second-order valence-electron chi connectivity index (χ2n) is 0.854. The van der Waals surface area contributed by atoms with Crippen molar-refractivity contribution in [3.63, 3.8) is 0 Å². The molecule has 0 aromatic carbocycles. The molecule has 1 radical (unpaired) electrons. The van der Waals surface area contributed by atoms with E-state index in [1.807, 2.05) is 0 Å². The Morgan fingerprint density at radius 1 is 1.50 bits per heavy atom. The van der Waals surface area contributed by atoms with Gasteiger partial charge in [0, 0.05) is 38.3 Å². The van der Waals surface area contributed by atoms with Gasteiger partial charge in [0.25, 0.3) is 0 Å². The maximum Gasteiger partial charge on any atom is 0 e. The van der Waals surface area contributed by atoms with Crippen molar-refractivity contribution in [3.8, 4) is 0 Å². The maximum atomic E-state index is 3.60. The molecule has 6 heavy (non-hydrogen) atoms. The molecule has 0 aromatic heterocycles. The van der Waals surface area contributed by atoms with Gasteiger partial charge < -0.3 is 6.92 Å². The Labute approximate surface area is 65.0 Å². The normalized spacial score (nSPS) is 5.00. The van der Waals surface area contributed by atoms with E-state index < -0.39 is 0 Å². The number of hydrogen-bond donors (Lipinski definition) is 0. The third-order valence-corrected chi connectivity index (χ3v) is 0.354. The van der Waals surface area contributed by atoms with Gasteiger partial charge in [-0.2, -0.15) is 6.42 Å². The van der Waals surface area contributed by atoms with Gasteiger partial charge in [0.1, 0.15) is 0 Å². The van der Waals surface area contributed by atoms with E-state index in [1.165, 1.54) is 6.42 Å². The zero-order valence-electron chi connectivity index (χ0n) is 4.83. The molecule has 0 rings (SSSR count). The molecule has 0 nitrogen and oxygen atoms in total. The van der Waals surface area contributed by atoms with Crippen molar-refractivity contribution in [2.75, 3.05) is 0 Å². The second-order valence-corrected chi connectivity index (χ2v) is 0.854. The topological polar surface area (TPSA) is 0 Å². The van der Waals surface area contributed by atoms with Crippen molar-refractivity contribution in [1.29, 1.82) is 0 Å². The Hall–Kier alpha value is 1.22. The van der Waals surface area contributed by atoms with E-state index in [9.17, 15) is 0 Å². The third kappa shape index (κ3) is 18.9. The van der Waals surface area contributed by atoms with Crippen LogP contribution in [-0.4, -0.2) is 18.9 Å². The van der Waals surface area contributed by atoms with E-state index in [0.717, 1.165) is 6.42 Å². The van der Waals surface area contributed by atoms with Gasteiger partial charge in [-0.25, -0.2) is 0 Å². The van der Waals surface area contributed by atoms with Crippen molar-refractivity contribution in [1.82, 2.24) is 0 Å². The van der Waals surface area contributed by atoms with E-state index in [4.69, 9.17) is 0 Å². The molecule has 0 heterocycles. The van der Waals surface area contributed by atoms with Crippen molar-refractivity contribution < 1.29 is 19.5 Å². The first kappa shape index (κ1) is 15.7. The summed E-state index contributed by atoms with van der Waals surface area (Å²) in [6.45, 7) is 5.72. The molecule has 0 unspecified atom stereocenters. The van der Waals surface area contributed by atoms with E-state index in [-0.39, 0.29) is 38.3 Å². The number of unbranched alkanes of at least 4 members (excludes halogenated alkanes) is 1. The predicted molar refractivity (Wildman–Crippen MR) is 26.0 cm³/mol. The Balaban J connectivity index is -0.0000000450. The van der Waals surface area contributed by atoms with Crippen LogP contribution in [0.5, 0.6) is 0 Å². The average molecular weight is 129 g/mol. The van der Waals surface area contributed by atoms with Crippen molar-refractivity contribution in [2.24, 2.45) is 0 Å². The van der Waals surface area contributed by atoms with Gasteiger partial charge in [0.05, 0.1) is 0 Å². The van der Waals surface area contributed by atoms with Crippen molar-refractivity contribution >= 4 is 18.9 Å². The predicted octanol–water partition coefficient (Wildman–Crippen LogP) is 1.24. The third-order valence-electron chi connectivity index (χ3n) is 0.354. The molecule has 2 heteroatoms. The second kappa shape index (κ2) is 16.3. The first-order chi connectivity index (χ1) is 1.91. The van der Waals surface area contributed by atoms with Crippen LogP contribution in [0.2, 0.25) is 0 Å². The molecule has 0 atom stereocenters. The largest absolute Gasteiger partial charge is 0.343 e. The average Bonchev–Trinajstić information content (AvgIpc) is 1.37. The minimum Gasteiger partial charge on any atom is -0.343 e. The maximum absolute atomic E-state index is 3.60. The molecule has 0 fully saturated rings. The Morgan fingerprint density at radius 2 is 1.67 bits per heavy atom. The standard InChI is InChI=1S/C4H9.Li.Zn/c1-3-4-2;;/h1,3-4H2,2H3;;/q-1;;. The van der Waals surface area contributed by atoms with E-state index in [0.29, 0.717) is 0 Å². The summed E-state index contributed by atoms with van der Waals surface area (Å²) in [4.78, 5) is 0. The summed E-state index contributed by atoms with van der Waals surface area (Å²) in [5.41, 5.74) is 0. The Morgan fingerprint density at radius 3 is 1.67 bits per heavy atom. The van der Waals surface area contributed by atoms with Crippen LogP contribution < -0.4 is 0 Å². The molecule has 0 saturated carbocycles. The Bertz CT molecular complexity index is 9.51. The van der Waals surface area contributed by atoms with Gasteiger partial charge in [-0.1, -0.05) is 13.3 Å². The molecule has 0 aliphatic heterocycles.